The zero-order valence-electron chi connectivity index (χ0n) is 12.3. The zero-order chi connectivity index (χ0) is 16.9. The monoisotopic (exact) mass is 355 g/mol. The Kier molecular flexibility index (Phi) is 3.42. The first-order chi connectivity index (χ1) is 11.4. The van der Waals surface area contributed by atoms with Gasteiger partial charge in [-0.25, -0.2) is 12.6 Å². The van der Waals surface area contributed by atoms with Crippen LogP contribution >= 0.6 is 0 Å². The van der Waals surface area contributed by atoms with E-state index in [1.807, 2.05) is 42.5 Å². The highest BCUT2D eigenvalue weighted by atomic mass is 32.2. The number of benzene rings is 3. The molecule has 0 saturated carbocycles. The summed E-state index contributed by atoms with van der Waals surface area (Å²) in [5.74, 6) is 0. The molecule has 4 nitrogen and oxygen atoms in total. The standard InChI is InChI=1S/C18H12O4S2/c19-23-17-8-6-13(12-4-2-1-3-5-12)10-15(17)16-11-14(24(20,21)22)7-9-18(16)23/h1-11H,(H,20,21,22)/p-1. The molecule has 24 heavy (non-hydrogen) atoms. The molecule has 6 heteroatoms. The Morgan fingerprint density at radius 1 is 0.750 bits per heavy atom. The lowest BCUT2D eigenvalue weighted by Crippen LogP contribution is -1.98. The third kappa shape index (κ3) is 2.39. The van der Waals surface area contributed by atoms with Crippen LogP contribution in [0.3, 0.4) is 0 Å². The second-order valence-corrected chi connectivity index (χ2v) is 8.25. The molecule has 0 saturated heterocycles. The van der Waals surface area contributed by atoms with E-state index < -0.39 is 20.9 Å². The molecular weight excluding hydrogens is 344 g/mol. The zero-order valence-corrected chi connectivity index (χ0v) is 13.9. The molecule has 1 heterocycles. The van der Waals surface area contributed by atoms with Crippen LogP contribution in [0.5, 0.6) is 0 Å². The van der Waals surface area contributed by atoms with E-state index in [1.54, 1.807) is 6.07 Å². The van der Waals surface area contributed by atoms with Gasteiger partial charge in [0, 0.05) is 11.1 Å². The van der Waals surface area contributed by atoms with E-state index in [1.165, 1.54) is 18.2 Å². The first kappa shape index (κ1) is 15.3. The molecule has 0 fully saturated rings. The van der Waals surface area contributed by atoms with Gasteiger partial charge in [-0.2, -0.15) is 0 Å². The van der Waals surface area contributed by atoms with Crippen molar-refractivity contribution in [2.75, 3.05) is 0 Å². The highest BCUT2D eigenvalue weighted by Crippen LogP contribution is 2.43. The van der Waals surface area contributed by atoms with Gasteiger partial charge in [-0.3, -0.25) is 0 Å². The van der Waals surface area contributed by atoms with E-state index in [4.69, 9.17) is 0 Å². The van der Waals surface area contributed by atoms with E-state index in [0.29, 0.717) is 20.9 Å². The van der Waals surface area contributed by atoms with Crippen LogP contribution in [0.1, 0.15) is 0 Å². The van der Waals surface area contributed by atoms with Crippen molar-refractivity contribution >= 4 is 20.9 Å². The Morgan fingerprint density at radius 2 is 1.38 bits per heavy atom. The van der Waals surface area contributed by atoms with Crippen LogP contribution in [-0.4, -0.2) is 17.2 Å². The summed E-state index contributed by atoms with van der Waals surface area (Å²) in [6, 6.07) is 19.3. The van der Waals surface area contributed by atoms with Gasteiger partial charge in [0.1, 0.15) is 10.1 Å². The lowest BCUT2D eigenvalue weighted by molar-refractivity contribution is 0.463. The number of rotatable bonds is 2. The summed E-state index contributed by atoms with van der Waals surface area (Å²) >= 11 is 0. The number of hydrogen-bond acceptors (Lipinski definition) is 4. The summed E-state index contributed by atoms with van der Waals surface area (Å²) in [4.78, 5) is 0.851. The van der Waals surface area contributed by atoms with Crippen LogP contribution in [0.4, 0.5) is 0 Å². The lowest BCUT2D eigenvalue weighted by atomic mass is 9.99. The van der Waals surface area contributed by atoms with E-state index in [2.05, 4.69) is 0 Å². The molecular formula is C18H11O4S2-. The predicted molar refractivity (Wildman–Crippen MR) is 90.0 cm³/mol. The summed E-state index contributed by atoms with van der Waals surface area (Å²) in [5.41, 5.74) is 3.19. The van der Waals surface area contributed by atoms with Gasteiger partial charge in [-0.1, -0.05) is 36.4 Å². The fourth-order valence-electron chi connectivity index (χ4n) is 2.87. The molecule has 0 aliphatic carbocycles. The quantitative estimate of drug-likeness (QED) is 0.517. The molecule has 4 rings (SSSR count). The Morgan fingerprint density at radius 3 is 2.04 bits per heavy atom. The molecule has 0 N–H and O–H groups in total. The second kappa shape index (κ2) is 5.37. The van der Waals surface area contributed by atoms with E-state index in [0.717, 1.165) is 11.1 Å². The van der Waals surface area contributed by atoms with Gasteiger partial charge in [0.2, 0.25) is 0 Å². The minimum absolute atomic E-state index is 0.309. The average Bonchev–Trinajstić information content (AvgIpc) is 2.87. The molecule has 1 aliphatic rings. The maximum absolute atomic E-state index is 12.6. The van der Waals surface area contributed by atoms with Gasteiger partial charge in [-0.15, -0.1) is 0 Å². The fraction of sp³-hybridized carbons (Fsp3) is 0. The van der Waals surface area contributed by atoms with E-state index in [9.17, 15) is 17.2 Å². The molecule has 0 spiro atoms. The highest BCUT2D eigenvalue weighted by molar-refractivity contribution is 7.86. The average molecular weight is 355 g/mol. The molecule has 0 amide bonds. The van der Waals surface area contributed by atoms with Crippen molar-refractivity contribution < 1.29 is 17.2 Å². The second-order valence-electron chi connectivity index (χ2n) is 5.46. The molecule has 1 aliphatic heterocycles. The van der Waals surface area contributed by atoms with Crippen molar-refractivity contribution in [3.05, 3.63) is 66.7 Å². The Hall–Kier alpha value is -2.28. The normalized spacial score (nSPS) is 15.8. The third-order valence-electron chi connectivity index (χ3n) is 4.02. The lowest BCUT2D eigenvalue weighted by Gasteiger charge is -2.09. The summed E-state index contributed by atoms with van der Waals surface area (Å²) in [7, 11) is -5.92. The van der Waals surface area contributed by atoms with E-state index >= 15 is 0 Å². The Labute approximate surface area is 142 Å². The third-order valence-corrected chi connectivity index (χ3v) is 6.36. The minimum Gasteiger partial charge on any atom is -0.744 e. The first-order valence-corrected chi connectivity index (χ1v) is 9.72. The number of hydrogen-bond donors (Lipinski definition) is 0. The predicted octanol–water partition coefficient (Wildman–Crippen LogP) is 3.40. The molecule has 3 aromatic carbocycles. The number of fused-ring (bicyclic) bond motifs is 3. The Bertz CT molecular complexity index is 1090. The molecule has 3 aromatic rings. The van der Waals surface area contributed by atoms with Crippen LogP contribution in [-0.2, 0) is 20.9 Å². The topological polar surface area (TPSA) is 74.3 Å². The van der Waals surface area contributed by atoms with Crippen LogP contribution in [0.25, 0.3) is 22.3 Å². The van der Waals surface area contributed by atoms with Gasteiger partial charge < -0.3 is 4.55 Å². The highest BCUT2D eigenvalue weighted by Gasteiger charge is 2.26. The summed E-state index contributed by atoms with van der Waals surface area (Å²) < 4.78 is 46.4. The van der Waals surface area contributed by atoms with Crippen LogP contribution in [0, 0.1) is 0 Å². The summed E-state index contributed by atoms with van der Waals surface area (Å²) in [6.07, 6.45) is 0. The molecule has 0 radical (unpaired) electrons. The first-order valence-electron chi connectivity index (χ1n) is 7.17. The van der Waals surface area contributed by atoms with E-state index in [-0.39, 0.29) is 4.90 Å². The van der Waals surface area contributed by atoms with Gasteiger partial charge in [0.25, 0.3) is 0 Å². The summed E-state index contributed by atoms with van der Waals surface area (Å²) in [5, 5.41) is 0. The van der Waals surface area contributed by atoms with Gasteiger partial charge in [0.05, 0.1) is 25.5 Å². The van der Waals surface area contributed by atoms with Crippen molar-refractivity contribution in [3.63, 3.8) is 0 Å². The molecule has 120 valence electrons. The SMILES string of the molecule is O=S1c2ccc(-c3ccccc3)cc2-c2cc(S(=O)(=O)[O-])ccc21. The minimum atomic E-state index is -4.56. The summed E-state index contributed by atoms with van der Waals surface area (Å²) in [6.45, 7) is 0. The maximum atomic E-state index is 12.6. The molecule has 0 bridgehead atoms. The van der Waals surface area contributed by atoms with Crippen LogP contribution in [0.2, 0.25) is 0 Å². The maximum Gasteiger partial charge on any atom is 0.124 e. The van der Waals surface area contributed by atoms with Crippen molar-refractivity contribution in [3.8, 4) is 22.3 Å². The molecule has 0 aromatic heterocycles. The van der Waals surface area contributed by atoms with Crippen molar-refractivity contribution in [2.45, 2.75) is 14.7 Å². The smallest absolute Gasteiger partial charge is 0.124 e. The molecule has 1 atom stereocenters. The van der Waals surface area contributed by atoms with Crippen LogP contribution < -0.4 is 0 Å². The van der Waals surface area contributed by atoms with Gasteiger partial charge in [0.15, 0.2) is 0 Å². The Balaban J connectivity index is 1.94. The van der Waals surface area contributed by atoms with Crippen LogP contribution in [0.15, 0.2) is 81.4 Å². The van der Waals surface area contributed by atoms with Crippen molar-refractivity contribution in [2.24, 2.45) is 0 Å². The fourth-order valence-corrected chi connectivity index (χ4v) is 4.72. The van der Waals surface area contributed by atoms with Crippen molar-refractivity contribution in [1.82, 2.24) is 0 Å². The van der Waals surface area contributed by atoms with Gasteiger partial charge in [-0.05, 0) is 41.5 Å². The van der Waals surface area contributed by atoms with Crippen molar-refractivity contribution in [1.29, 1.82) is 0 Å². The van der Waals surface area contributed by atoms with Gasteiger partial charge >= 0.3 is 0 Å². The largest absolute Gasteiger partial charge is 0.744 e. The molecule has 1 unspecified atom stereocenters.